The zero-order valence-corrected chi connectivity index (χ0v) is 23.6. The Morgan fingerprint density at radius 2 is 1.50 bits per heavy atom. The summed E-state index contributed by atoms with van der Waals surface area (Å²) in [5, 5.41) is 2.22. The van der Waals surface area contributed by atoms with Crippen molar-refractivity contribution in [2.24, 2.45) is 23.7 Å². The summed E-state index contributed by atoms with van der Waals surface area (Å²) in [5.41, 5.74) is 0.410. The van der Waals surface area contributed by atoms with Gasteiger partial charge in [0.1, 0.15) is 12.3 Å². The number of rotatable bonds is 6. The van der Waals surface area contributed by atoms with Crippen LogP contribution in [0.2, 0.25) is 10.0 Å². The van der Waals surface area contributed by atoms with E-state index in [4.69, 9.17) is 27.9 Å². The van der Waals surface area contributed by atoms with Gasteiger partial charge in [-0.25, -0.2) is 5.01 Å². The number of imide groups is 1. The number of hydrazine groups is 1. The number of Topliss-reactive ketones (excluding diaryl/α,β-unsaturated/α-hetero) is 1. The Morgan fingerprint density at radius 1 is 0.944 bits per heavy atom. The van der Waals surface area contributed by atoms with E-state index in [0.717, 1.165) is 16.4 Å². The summed E-state index contributed by atoms with van der Waals surface area (Å²) >= 11 is 19.5. The van der Waals surface area contributed by atoms with Crippen LogP contribution in [0.4, 0.5) is 0 Å². The third-order valence-corrected chi connectivity index (χ3v) is 11.3. The first-order valence-electron chi connectivity index (χ1n) is 11.2. The number of halogens is 4. The van der Waals surface area contributed by atoms with Crippen molar-refractivity contribution in [3.05, 3.63) is 63.6 Å². The lowest BCUT2D eigenvalue weighted by atomic mass is 9.81. The van der Waals surface area contributed by atoms with E-state index >= 15 is 0 Å². The highest BCUT2D eigenvalue weighted by molar-refractivity contribution is 9.12. The molecular formula is C25H20Br2Cl2N2O5. The Bertz CT molecular complexity index is 1240. The molecule has 2 bridgehead atoms. The number of ketones is 1. The van der Waals surface area contributed by atoms with Gasteiger partial charge in [-0.2, -0.15) is 5.01 Å². The van der Waals surface area contributed by atoms with Crippen molar-refractivity contribution in [1.82, 2.24) is 10.0 Å². The molecule has 2 saturated carbocycles. The van der Waals surface area contributed by atoms with Crippen molar-refractivity contribution in [3.8, 4) is 5.75 Å². The second-order valence-electron chi connectivity index (χ2n) is 9.14. The van der Waals surface area contributed by atoms with E-state index in [1.807, 2.05) is 0 Å². The lowest BCUT2D eigenvalue weighted by molar-refractivity contribution is -0.154. The molecule has 7 nitrogen and oxygen atoms in total. The Morgan fingerprint density at radius 3 is 2.03 bits per heavy atom. The van der Waals surface area contributed by atoms with Gasteiger partial charge >= 0.3 is 0 Å². The van der Waals surface area contributed by atoms with Gasteiger partial charge in [0, 0.05) is 20.8 Å². The summed E-state index contributed by atoms with van der Waals surface area (Å²) in [6.45, 7) is -0.507. The van der Waals surface area contributed by atoms with Crippen LogP contribution >= 0.6 is 55.1 Å². The van der Waals surface area contributed by atoms with Crippen LogP contribution in [0.25, 0.3) is 0 Å². The molecule has 2 aromatic rings. The molecule has 0 radical (unpaired) electrons. The summed E-state index contributed by atoms with van der Waals surface area (Å²) in [6, 6.07) is 10.6. The van der Waals surface area contributed by atoms with E-state index in [1.165, 1.54) is 25.3 Å². The predicted molar refractivity (Wildman–Crippen MR) is 141 cm³/mol. The highest BCUT2D eigenvalue weighted by atomic mass is 79.9. The molecule has 5 rings (SSSR count). The number of amides is 3. The van der Waals surface area contributed by atoms with Gasteiger partial charge in [0.15, 0.2) is 5.78 Å². The number of alkyl halides is 2. The Kier molecular flexibility index (Phi) is 6.95. The second kappa shape index (κ2) is 9.74. The lowest BCUT2D eigenvalue weighted by Crippen LogP contribution is -2.52. The zero-order valence-electron chi connectivity index (χ0n) is 18.9. The molecule has 3 aliphatic rings. The summed E-state index contributed by atoms with van der Waals surface area (Å²) in [4.78, 5) is 54.3. The van der Waals surface area contributed by atoms with Gasteiger partial charge in [-0.1, -0.05) is 55.1 Å². The Labute approximate surface area is 234 Å². The van der Waals surface area contributed by atoms with Crippen LogP contribution in [0.1, 0.15) is 27.1 Å². The van der Waals surface area contributed by atoms with Crippen LogP contribution in [-0.4, -0.2) is 56.8 Å². The van der Waals surface area contributed by atoms with Crippen molar-refractivity contribution < 1.29 is 23.9 Å². The monoisotopic (exact) mass is 656 g/mol. The van der Waals surface area contributed by atoms with Gasteiger partial charge in [-0.05, 0) is 60.7 Å². The molecule has 0 unspecified atom stereocenters. The number of ether oxygens (including phenoxy) is 1. The Hall–Kier alpha value is -1.94. The molecule has 0 spiro atoms. The number of hydrogen-bond acceptors (Lipinski definition) is 5. The highest BCUT2D eigenvalue weighted by Gasteiger charge is 2.67. The number of methoxy groups -OCH3 is 1. The van der Waals surface area contributed by atoms with Gasteiger partial charge in [-0.15, -0.1) is 0 Å². The fourth-order valence-corrected chi connectivity index (χ4v) is 7.76. The predicted octanol–water partition coefficient (Wildman–Crippen LogP) is 5.02. The van der Waals surface area contributed by atoms with Crippen LogP contribution in [0.15, 0.2) is 42.5 Å². The fourth-order valence-electron chi connectivity index (χ4n) is 5.59. The largest absolute Gasteiger partial charge is 0.497 e. The van der Waals surface area contributed by atoms with Crippen molar-refractivity contribution >= 4 is 78.6 Å². The summed E-state index contributed by atoms with van der Waals surface area (Å²) in [5.74, 6) is -2.65. The van der Waals surface area contributed by atoms with Gasteiger partial charge in [0.05, 0.1) is 29.0 Å². The summed E-state index contributed by atoms with van der Waals surface area (Å²) < 4.78 is 5.14. The maximum atomic E-state index is 13.7. The van der Waals surface area contributed by atoms with Crippen LogP contribution in [-0.2, 0) is 9.59 Å². The molecule has 3 fully saturated rings. The SMILES string of the molecule is COc1ccc(C(=O)CN(C(=O)c2ccc(Cl)c(Cl)c2)N2C(=O)[C@@H]3[C@H]4C[C@@H]([C@@H](Br)[C@H]4Br)[C@H]3C2=O)cc1. The molecule has 1 heterocycles. The smallest absolute Gasteiger partial charge is 0.273 e. The number of nitrogens with zero attached hydrogens (tertiary/aromatic N) is 2. The average Bonchev–Trinajstić information content (AvgIpc) is 3.48. The standard InChI is InChI=1S/C25H20Br2Cl2N2O5/c1-36-13-5-2-11(3-6-13)18(32)10-30(23(33)12-4-7-16(28)17(29)8-12)31-24(34)19-14-9-15(20(19)25(31)35)22(27)21(14)26/h2-8,14-15,19-22H,9-10H2,1H3/t14-,15-,19-,20-,21-,22+/m1/s1. The van der Waals surface area contributed by atoms with E-state index in [1.54, 1.807) is 24.3 Å². The van der Waals surface area contributed by atoms with Gasteiger partial charge in [-0.3, -0.25) is 19.2 Å². The molecular weight excluding hydrogens is 639 g/mol. The van der Waals surface area contributed by atoms with Crippen molar-refractivity contribution in [2.45, 2.75) is 16.1 Å². The zero-order chi connectivity index (χ0) is 25.9. The van der Waals surface area contributed by atoms with E-state index in [9.17, 15) is 19.2 Å². The third kappa shape index (κ3) is 4.08. The number of hydrogen-bond donors (Lipinski definition) is 0. The maximum absolute atomic E-state index is 13.7. The number of carbonyl (C=O) groups excluding carboxylic acids is 4. The molecule has 11 heteroatoms. The van der Waals surface area contributed by atoms with Crippen LogP contribution in [0.3, 0.4) is 0 Å². The van der Waals surface area contributed by atoms with Crippen molar-refractivity contribution in [1.29, 1.82) is 0 Å². The minimum Gasteiger partial charge on any atom is -0.497 e. The van der Waals surface area contributed by atoms with Crippen LogP contribution in [0, 0.1) is 23.7 Å². The molecule has 1 saturated heterocycles. The molecule has 2 aliphatic carbocycles. The normalized spacial score (nSPS) is 28.4. The minimum atomic E-state index is -0.699. The quantitative estimate of drug-likeness (QED) is 0.247. The summed E-state index contributed by atoms with van der Waals surface area (Å²) in [6.07, 6.45) is 0.748. The van der Waals surface area contributed by atoms with Crippen molar-refractivity contribution in [3.63, 3.8) is 0 Å². The van der Waals surface area contributed by atoms with E-state index in [0.29, 0.717) is 11.3 Å². The number of benzene rings is 2. The third-order valence-electron chi connectivity index (χ3n) is 7.31. The topological polar surface area (TPSA) is 84.0 Å². The molecule has 36 heavy (non-hydrogen) atoms. The highest BCUT2D eigenvalue weighted by Crippen LogP contribution is 2.60. The van der Waals surface area contributed by atoms with Crippen LogP contribution in [0.5, 0.6) is 5.75 Å². The first kappa shape index (κ1) is 25.7. The van der Waals surface area contributed by atoms with Gasteiger partial charge < -0.3 is 4.74 Å². The number of fused-ring (bicyclic) bond motifs is 5. The van der Waals surface area contributed by atoms with E-state index in [2.05, 4.69) is 31.9 Å². The second-order valence-corrected chi connectivity index (χ2v) is 12.1. The first-order valence-corrected chi connectivity index (χ1v) is 13.8. The first-order chi connectivity index (χ1) is 17.1. The molecule has 3 amide bonds. The molecule has 6 atom stereocenters. The minimum absolute atomic E-state index is 0.0370. The molecule has 1 aliphatic heterocycles. The van der Waals surface area contributed by atoms with Crippen molar-refractivity contribution in [2.75, 3.05) is 13.7 Å². The fraction of sp³-hybridized carbons (Fsp3) is 0.360. The molecule has 0 aromatic heterocycles. The Balaban J connectivity index is 1.51. The molecule has 188 valence electrons. The van der Waals surface area contributed by atoms with Gasteiger partial charge in [0.25, 0.3) is 17.7 Å². The summed E-state index contributed by atoms with van der Waals surface area (Å²) in [7, 11) is 1.51. The molecule has 2 aromatic carbocycles. The van der Waals surface area contributed by atoms with Gasteiger partial charge in [0.2, 0.25) is 0 Å². The number of carbonyl (C=O) groups is 4. The lowest BCUT2D eigenvalue weighted by Gasteiger charge is -2.31. The average molecular weight is 659 g/mol. The van der Waals surface area contributed by atoms with Crippen LogP contribution < -0.4 is 4.74 Å². The van der Waals surface area contributed by atoms with E-state index in [-0.39, 0.29) is 37.1 Å². The molecule has 0 N–H and O–H groups in total. The van der Waals surface area contributed by atoms with E-state index < -0.39 is 41.9 Å². The maximum Gasteiger partial charge on any atom is 0.273 e.